The molecule has 3 heteroatoms. The van der Waals surface area contributed by atoms with Crippen LogP contribution in [-0.4, -0.2) is 17.3 Å². The largest absolute Gasteiger partial charge is 0.355 e. The topological polar surface area (TPSA) is 29.1 Å². The number of halogens is 1. The van der Waals surface area contributed by atoms with E-state index in [-0.39, 0.29) is 10.7 Å². The third kappa shape index (κ3) is 4.98. The first-order valence-corrected chi connectivity index (χ1v) is 6.07. The summed E-state index contributed by atoms with van der Waals surface area (Å²) in [5, 5.41) is 2.87. The Hall–Kier alpha value is -0.830. The maximum absolute atomic E-state index is 11.2. The molecule has 0 bridgehead atoms. The van der Waals surface area contributed by atoms with Gasteiger partial charge in [0.1, 0.15) is 0 Å². The summed E-state index contributed by atoms with van der Waals surface area (Å²) in [7, 11) is 0. The van der Waals surface area contributed by atoms with E-state index in [0.29, 0.717) is 0 Å². The number of hydrogen-bond donors (Lipinski definition) is 1. The number of benzene rings is 1. The van der Waals surface area contributed by atoms with E-state index in [9.17, 15) is 4.79 Å². The van der Waals surface area contributed by atoms with E-state index < -0.39 is 0 Å². The van der Waals surface area contributed by atoms with Gasteiger partial charge in [-0.3, -0.25) is 4.79 Å². The molecule has 0 aliphatic rings. The molecule has 1 rings (SSSR count). The summed E-state index contributed by atoms with van der Waals surface area (Å²) in [4.78, 5) is 11.1. The van der Waals surface area contributed by atoms with Crippen LogP contribution in [0.4, 0.5) is 0 Å². The van der Waals surface area contributed by atoms with Crippen molar-refractivity contribution in [1.82, 2.24) is 5.32 Å². The Morgan fingerprint density at radius 2 is 2.07 bits per heavy atom. The van der Waals surface area contributed by atoms with Gasteiger partial charge in [-0.05, 0) is 25.3 Å². The molecular formula is C12H16BrNO. The van der Waals surface area contributed by atoms with E-state index >= 15 is 0 Å². The first kappa shape index (κ1) is 12.2. The number of amides is 1. The van der Waals surface area contributed by atoms with Gasteiger partial charge in [-0.1, -0.05) is 46.3 Å². The molecule has 0 aromatic heterocycles. The van der Waals surface area contributed by atoms with Gasteiger partial charge >= 0.3 is 0 Å². The highest BCUT2D eigenvalue weighted by Crippen LogP contribution is 2.02. The summed E-state index contributed by atoms with van der Waals surface area (Å²) in [5.74, 6) is 0.0584. The number of nitrogens with one attached hydrogen (secondary N) is 1. The van der Waals surface area contributed by atoms with Crippen LogP contribution in [0.2, 0.25) is 0 Å². The van der Waals surface area contributed by atoms with E-state index in [2.05, 4.69) is 33.4 Å². The number of rotatable bonds is 5. The third-order valence-corrected chi connectivity index (χ3v) is 2.56. The maximum atomic E-state index is 11.2. The Morgan fingerprint density at radius 3 is 2.67 bits per heavy atom. The second-order valence-corrected chi connectivity index (χ2v) is 4.87. The summed E-state index contributed by atoms with van der Waals surface area (Å²) in [5.41, 5.74) is 1.32. The SMILES string of the molecule is CC(Br)C(=O)NCCCc1ccccc1. The van der Waals surface area contributed by atoms with Crippen LogP contribution in [0.15, 0.2) is 30.3 Å². The quantitative estimate of drug-likeness (QED) is 0.646. The standard InChI is InChI=1S/C12H16BrNO/c1-10(13)12(15)14-9-5-8-11-6-3-2-4-7-11/h2-4,6-7,10H,5,8-9H2,1H3,(H,14,15). The predicted molar refractivity (Wildman–Crippen MR) is 66.2 cm³/mol. The minimum Gasteiger partial charge on any atom is -0.355 e. The van der Waals surface area contributed by atoms with Gasteiger partial charge < -0.3 is 5.32 Å². The normalized spacial score (nSPS) is 12.1. The molecule has 0 fully saturated rings. The zero-order chi connectivity index (χ0) is 11.1. The van der Waals surface area contributed by atoms with Crippen LogP contribution in [-0.2, 0) is 11.2 Å². The lowest BCUT2D eigenvalue weighted by Gasteiger charge is -2.06. The highest BCUT2D eigenvalue weighted by atomic mass is 79.9. The Bertz CT molecular complexity index is 298. The van der Waals surface area contributed by atoms with Gasteiger partial charge in [0.25, 0.3) is 0 Å². The molecule has 1 amide bonds. The van der Waals surface area contributed by atoms with Crippen LogP contribution < -0.4 is 5.32 Å². The molecule has 1 atom stereocenters. The molecule has 0 aliphatic heterocycles. The fourth-order valence-corrected chi connectivity index (χ4v) is 1.45. The summed E-state index contributed by atoms with van der Waals surface area (Å²) in [6.45, 7) is 2.57. The van der Waals surface area contributed by atoms with Crippen molar-refractivity contribution in [3.05, 3.63) is 35.9 Å². The molecule has 2 nitrogen and oxygen atoms in total. The number of carbonyl (C=O) groups excluding carboxylic acids is 1. The van der Waals surface area contributed by atoms with Gasteiger partial charge in [-0.2, -0.15) is 0 Å². The van der Waals surface area contributed by atoms with Crippen molar-refractivity contribution in [3.63, 3.8) is 0 Å². The zero-order valence-electron chi connectivity index (χ0n) is 8.87. The zero-order valence-corrected chi connectivity index (χ0v) is 10.5. The fourth-order valence-electron chi connectivity index (χ4n) is 1.29. The molecule has 82 valence electrons. The van der Waals surface area contributed by atoms with Crippen molar-refractivity contribution in [2.75, 3.05) is 6.54 Å². The molecule has 0 aliphatic carbocycles. The Balaban J connectivity index is 2.15. The van der Waals surface area contributed by atoms with Gasteiger partial charge in [0.05, 0.1) is 4.83 Å². The predicted octanol–water partition coefficient (Wildman–Crippen LogP) is 2.52. The van der Waals surface area contributed by atoms with Gasteiger partial charge in [-0.25, -0.2) is 0 Å². The van der Waals surface area contributed by atoms with Crippen molar-refractivity contribution in [2.24, 2.45) is 0 Å². The van der Waals surface area contributed by atoms with Crippen LogP contribution >= 0.6 is 15.9 Å². The van der Waals surface area contributed by atoms with Crippen LogP contribution in [0.5, 0.6) is 0 Å². The molecule has 0 radical (unpaired) electrons. The first-order valence-electron chi connectivity index (χ1n) is 5.16. The van der Waals surface area contributed by atoms with Crippen molar-refractivity contribution in [1.29, 1.82) is 0 Å². The molecule has 1 unspecified atom stereocenters. The smallest absolute Gasteiger partial charge is 0.233 e. The second kappa shape index (κ2) is 6.62. The molecule has 0 saturated heterocycles. The van der Waals surface area contributed by atoms with Crippen molar-refractivity contribution in [3.8, 4) is 0 Å². The lowest BCUT2D eigenvalue weighted by atomic mass is 10.1. The molecule has 0 saturated carbocycles. The van der Waals surface area contributed by atoms with Crippen LogP contribution in [0.25, 0.3) is 0 Å². The van der Waals surface area contributed by atoms with Crippen molar-refractivity contribution in [2.45, 2.75) is 24.6 Å². The van der Waals surface area contributed by atoms with Gasteiger partial charge in [-0.15, -0.1) is 0 Å². The molecule has 1 aromatic rings. The van der Waals surface area contributed by atoms with Crippen molar-refractivity contribution < 1.29 is 4.79 Å². The van der Waals surface area contributed by atoms with E-state index in [1.807, 2.05) is 25.1 Å². The van der Waals surface area contributed by atoms with Gasteiger partial charge in [0.15, 0.2) is 0 Å². The molecule has 0 heterocycles. The molecule has 1 N–H and O–H groups in total. The number of aryl methyl sites for hydroxylation is 1. The molecule has 1 aromatic carbocycles. The number of hydrogen-bond acceptors (Lipinski definition) is 1. The van der Waals surface area contributed by atoms with E-state index in [0.717, 1.165) is 19.4 Å². The van der Waals surface area contributed by atoms with Gasteiger partial charge in [0, 0.05) is 6.54 Å². The number of carbonyl (C=O) groups is 1. The Labute approximate surface area is 99.2 Å². The highest BCUT2D eigenvalue weighted by molar-refractivity contribution is 9.10. The monoisotopic (exact) mass is 269 g/mol. The Kier molecular flexibility index (Phi) is 5.40. The van der Waals surface area contributed by atoms with E-state index in [4.69, 9.17) is 0 Å². The fraction of sp³-hybridized carbons (Fsp3) is 0.417. The summed E-state index contributed by atoms with van der Waals surface area (Å²) in [6, 6.07) is 10.3. The maximum Gasteiger partial charge on any atom is 0.233 e. The highest BCUT2D eigenvalue weighted by Gasteiger charge is 2.06. The lowest BCUT2D eigenvalue weighted by molar-refractivity contribution is -0.120. The van der Waals surface area contributed by atoms with Crippen molar-refractivity contribution >= 4 is 21.8 Å². The number of alkyl halides is 1. The molecular weight excluding hydrogens is 254 g/mol. The first-order chi connectivity index (χ1) is 7.20. The van der Waals surface area contributed by atoms with E-state index in [1.165, 1.54) is 5.56 Å². The average Bonchev–Trinajstić information content (AvgIpc) is 2.25. The average molecular weight is 270 g/mol. The summed E-state index contributed by atoms with van der Waals surface area (Å²) in [6.07, 6.45) is 1.99. The minimum atomic E-state index is -0.103. The minimum absolute atomic E-state index is 0.0584. The van der Waals surface area contributed by atoms with Crippen LogP contribution in [0, 0.1) is 0 Å². The van der Waals surface area contributed by atoms with Crippen LogP contribution in [0.1, 0.15) is 18.9 Å². The second-order valence-electron chi connectivity index (χ2n) is 3.50. The third-order valence-electron chi connectivity index (χ3n) is 2.15. The summed E-state index contributed by atoms with van der Waals surface area (Å²) >= 11 is 3.22. The van der Waals surface area contributed by atoms with Gasteiger partial charge in [0.2, 0.25) is 5.91 Å². The molecule has 15 heavy (non-hydrogen) atoms. The Morgan fingerprint density at radius 1 is 1.40 bits per heavy atom. The molecule has 0 spiro atoms. The van der Waals surface area contributed by atoms with E-state index in [1.54, 1.807) is 0 Å². The summed E-state index contributed by atoms with van der Waals surface area (Å²) < 4.78 is 0. The lowest BCUT2D eigenvalue weighted by Crippen LogP contribution is -2.30. The van der Waals surface area contributed by atoms with Crippen LogP contribution in [0.3, 0.4) is 0 Å².